The predicted octanol–water partition coefficient (Wildman–Crippen LogP) is 2.83. The normalized spacial score (nSPS) is 12.3. The lowest BCUT2D eigenvalue weighted by Gasteiger charge is -2.10. The average molecular weight is 207 g/mol. The van der Waals surface area contributed by atoms with Gasteiger partial charge in [0.05, 0.1) is 11.6 Å². The van der Waals surface area contributed by atoms with Crippen LogP contribution in [0, 0.1) is 0 Å². The number of nitrogens with zero attached hydrogens (tertiary/aromatic N) is 1. The van der Waals surface area contributed by atoms with Gasteiger partial charge in [-0.25, -0.2) is 0 Å². The summed E-state index contributed by atoms with van der Waals surface area (Å²) in [6.07, 6.45) is 5.46. The van der Waals surface area contributed by atoms with Crippen molar-refractivity contribution < 1.29 is 9.90 Å². The summed E-state index contributed by atoms with van der Waals surface area (Å²) < 4.78 is 0. The van der Waals surface area contributed by atoms with Crippen LogP contribution < -0.4 is 0 Å². The zero-order valence-electron chi connectivity index (χ0n) is 9.02. The van der Waals surface area contributed by atoms with E-state index in [1.54, 1.807) is 18.3 Å². The average Bonchev–Trinajstić information content (AvgIpc) is 2.25. The number of unbranched alkanes of at least 4 members (excludes halogenated alkanes) is 2. The van der Waals surface area contributed by atoms with Crippen molar-refractivity contribution in [1.29, 1.82) is 0 Å². The van der Waals surface area contributed by atoms with Crippen molar-refractivity contribution in [1.82, 2.24) is 4.98 Å². The van der Waals surface area contributed by atoms with E-state index in [1.807, 2.05) is 6.07 Å². The molecule has 0 radical (unpaired) electrons. The Labute approximate surface area is 90.2 Å². The first kappa shape index (κ1) is 11.7. The highest BCUT2D eigenvalue weighted by atomic mass is 16.4. The number of carboxylic acids is 1. The summed E-state index contributed by atoms with van der Waals surface area (Å²) in [7, 11) is 0. The van der Waals surface area contributed by atoms with Crippen LogP contribution in [-0.4, -0.2) is 16.1 Å². The number of aliphatic carboxylic acids is 1. The Bertz CT molecular complexity index is 298. The molecule has 0 bridgehead atoms. The van der Waals surface area contributed by atoms with Crippen LogP contribution in [0.2, 0.25) is 0 Å². The lowest BCUT2D eigenvalue weighted by atomic mass is 9.97. The van der Waals surface area contributed by atoms with Gasteiger partial charge in [0.1, 0.15) is 0 Å². The fourth-order valence-corrected chi connectivity index (χ4v) is 1.58. The molecule has 1 rings (SSSR count). The second-order valence-electron chi connectivity index (χ2n) is 3.64. The third kappa shape index (κ3) is 3.70. The summed E-state index contributed by atoms with van der Waals surface area (Å²) in [5.74, 6) is -1.22. The van der Waals surface area contributed by atoms with Gasteiger partial charge in [0.2, 0.25) is 0 Å². The highest BCUT2D eigenvalue weighted by molar-refractivity contribution is 5.75. The van der Waals surface area contributed by atoms with Gasteiger partial charge in [0, 0.05) is 6.20 Å². The highest BCUT2D eigenvalue weighted by Crippen LogP contribution is 2.20. The molecular weight excluding hydrogens is 190 g/mol. The molecule has 1 unspecified atom stereocenters. The Balaban J connectivity index is 2.62. The molecule has 0 aromatic carbocycles. The fraction of sp³-hybridized carbons (Fsp3) is 0.500. The van der Waals surface area contributed by atoms with Crippen LogP contribution in [0.3, 0.4) is 0 Å². The first-order chi connectivity index (χ1) is 7.25. The van der Waals surface area contributed by atoms with Gasteiger partial charge in [-0.1, -0.05) is 32.3 Å². The number of hydrogen-bond acceptors (Lipinski definition) is 2. The molecule has 1 atom stereocenters. The minimum Gasteiger partial charge on any atom is -0.481 e. The summed E-state index contributed by atoms with van der Waals surface area (Å²) in [6.45, 7) is 2.11. The van der Waals surface area contributed by atoms with Gasteiger partial charge in [-0.3, -0.25) is 9.78 Å². The number of carbonyl (C=O) groups is 1. The van der Waals surface area contributed by atoms with E-state index in [1.165, 1.54) is 0 Å². The lowest BCUT2D eigenvalue weighted by molar-refractivity contribution is -0.139. The fourth-order valence-electron chi connectivity index (χ4n) is 1.58. The van der Waals surface area contributed by atoms with E-state index in [9.17, 15) is 4.79 Å². The summed E-state index contributed by atoms with van der Waals surface area (Å²) in [5, 5.41) is 9.09. The maximum atomic E-state index is 11.1. The SMILES string of the molecule is CCCCCC(C(=O)O)c1ccccn1. The number of hydrogen-bond donors (Lipinski definition) is 1. The molecule has 0 amide bonds. The van der Waals surface area contributed by atoms with E-state index in [2.05, 4.69) is 11.9 Å². The van der Waals surface area contributed by atoms with Crippen molar-refractivity contribution in [3.8, 4) is 0 Å². The Morgan fingerprint density at radius 2 is 2.27 bits per heavy atom. The quantitative estimate of drug-likeness (QED) is 0.730. The van der Waals surface area contributed by atoms with Gasteiger partial charge >= 0.3 is 5.97 Å². The van der Waals surface area contributed by atoms with E-state index in [4.69, 9.17) is 5.11 Å². The largest absolute Gasteiger partial charge is 0.481 e. The minimum atomic E-state index is -0.773. The van der Waals surface area contributed by atoms with Crippen molar-refractivity contribution >= 4 is 5.97 Å². The predicted molar refractivity (Wildman–Crippen MR) is 58.8 cm³/mol. The molecule has 1 heterocycles. The van der Waals surface area contributed by atoms with Gasteiger partial charge in [-0.05, 0) is 18.6 Å². The Morgan fingerprint density at radius 3 is 2.80 bits per heavy atom. The topological polar surface area (TPSA) is 50.2 Å². The molecule has 0 fully saturated rings. The van der Waals surface area contributed by atoms with Crippen LogP contribution in [0.25, 0.3) is 0 Å². The number of rotatable bonds is 6. The van der Waals surface area contributed by atoms with Crippen LogP contribution in [-0.2, 0) is 4.79 Å². The molecule has 0 aliphatic rings. The number of pyridine rings is 1. The van der Waals surface area contributed by atoms with Gasteiger partial charge in [-0.2, -0.15) is 0 Å². The minimum absolute atomic E-state index is 0.447. The molecular formula is C12H17NO2. The molecule has 1 aromatic heterocycles. The molecule has 3 nitrogen and oxygen atoms in total. The Kier molecular flexibility index (Phi) is 4.81. The van der Waals surface area contributed by atoms with Gasteiger partial charge < -0.3 is 5.11 Å². The van der Waals surface area contributed by atoms with Crippen molar-refractivity contribution in [3.63, 3.8) is 0 Å². The summed E-state index contributed by atoms with van der Waals surface area (Å²) in [4.78, 5) is 15.2. The Hall–Kier alpha value is -1.38. The van der Waals surface area contributed by atoms with Crippen molar-refractivity contribution in [3.05, 3.63) is 30.1 Å². The van der Waals surface area contributed by atoms with Crippen LogP contribution in [0.4, 0.5) is 0 Å². The third-order valence-electron chi connectivity index (χ3n) is 2.44. The number of carboxylic acid groups (broad SMARTS) is 1. The van der Waals surface area contributed by atoms with Crippen molar-refractivity contribution in [2.75, 3.05) is 0 Å². The molecule has 0 aliphatic heterocycles. The molecule has 1 N–H and O–H groups in total. The zero-order valence-corrected chi connectivity index (χ0v) is 9.02. The molecule has 0 aliphatic carbocycles. The van der Waals surface area contributed by atoms with E-state index < -0.39 is 11.9 Å². The monoisotopic (exact) mass is 207 g/mol. The molecule has 0 saturated heterocycles. The van der Waals surface area contributed by atoms with Crippen LogP contribution in [0.15, 0.2) is 24.4 Å². The maximum Gasteiger partial charge on any atom is 0.312 e. The second kappa shape index (κ2) is 6.17. The number of aromatic nitrogens is 1. The second-order valence-corrected chi connectivity index (χ2v) is 3.64. The molecule has 3 heteroatoms. The van der Waals surface area contributed by atoms with Gasteiger partial charge in [-0.15, -0.1) is 0 Å². The third-order valence-corrected chi connectivity index (χ3v) is 2.44. The smallest absolute Gasteiger partial charge is 0.312 e. The van der Waals surface area contributed by atoms with Crippen LogP contribution in [0.1, 0.15) is 44.2 Å². The molecule has 82 valence electrons. The first-order valence-corrected chi connectivity index (χ1v) is 5.39. The summed E-state index contributed by atoms with van der Waals surface area (Å²) in [6, 6.07) is 5.41. The van der Waals surface area contributed by atoms with Crippen LogP contribution in [0.5, 0.6) is 0 Å². The van der Waals surface area contributed by atoms with Gasteiger partial charge in [0.25, 0.3) is 0 Å². The first-order valence-electron chi connectivity index (χ1n) is 5.39. The van der Waals surface area contributed by atoms with Crippen molar-refractivity contribution in [2.45, 2.75) is 38.5 Å². The molecule has 0 spiro atoms. The van der Waals surface area contributed by atoms with E-state index in [0.717, 1.165) is 19.3 Å². The lowest BCUT2D eigenvalue weighted by Crippen LogP contribution is -2.12. The van der Waals surface area contributed by atoms with Gasteiger partial charge in [0.15, 0.2) is 0 Å². The van der Waals surface area contributed by atoms with Crippen LogP contribution >= 0.6 is 0 Å². The van der Waals surface area contributed by atoms with E-state index >= 15 is 0 Å². The van der Waals surface area contributed by atoms with E-state index in [-0.39, 0.29) is 0 Å². The van der Waals surface area contributed by atoms with E-state index in [0.29, 0.717) is 12.1 Å². The molecule has 15 heavy (non-hydrogen) atoms. The van der Waals surface area contributed by atoms with Crippen molar-refractivity contribution in [2.24, 2.45) is 0 Å². The Morgan fingerprint density at radius 1 is 1.47 bits per heavy atom. The highest BCUT2D eigenvalue weighted by Gasteiger charge is 2.19. The standard InChI is InChI=1S/C12H17NO2/c1-2-3-4-7-10(12(14)15)11-8-5-6-9-13-11/h5-6,8-10H,2-4,7H2,1H3,(H,14,15). The molecule has 1 aromatic rings. The zero-order chi connectivity index (χ0) is 11.1. The maximum absolute atomic E-state index is 11.1. The summed E-state index contributed by atoms with van der Waals surface area (Å²) >= 11 is 0. The summed E-state index contributed by atoms with van der Waals surface area (Å²) in [5.41, 5.74) is 0.668. The molecule has 0 saturated carbocycles.